The monoisotopic (exact) mass is 292 g/mol. The molecular formula is C9H9IO3. The number of aliphatic carboxylic acids is 1. The molecule has 70 valence electrons. The molecule has 0 unspecified atom stereocenters. The van der Waals surface area contributed by atoms with E-state index in [0.29, 0.717) is 6.61 Å². The van der Waals surface area contributed by atoms with Crippen LogP contribution in [0.5, 0.6) is 0 Å². The zero-order valence-corrected chi connectivity index (χ0v) is 9.02. The van der Waals surface area contributed by atoms with Crippen molar-refractivity contribution in [3.05, 3.63) is 35.4 Å². The maximum Gasteiger partial charge on any atom is 0.307 e. The van der Waals surface area contributed by atoms with Gasteiger partial charge in [0.05, 0.1) is 13.0 Å². The molecular weight excluding hydrogens is 283 g/mol. The molecule has 1 rings (SSSR count). The summed E-state index contributed by atoms with van der Waals surface area (Å²) in [4.78, 5) is 10.4. The second kappa shape index (κ2) is 5.18. The molecule has 3 nitrogen and oxygen atoms in total. The van der Waals surface area contributed by atoms with Gasteiger partial charge < -0.3 is 8.17 Å². The maximum atomic E-state index is 10.4. The van der Waals surface area contributed by atoms with Crippen molar-refractivity contribution in [3.63, 3.8) is 0 Å². The van der Waals surface area contributed by atoms with Crippen molar-refractivity contribution in [2.45, 2.75) is 13.0 Å². The Morgan fingerprint density at radius 2 is 1.85 bits per heavy atom. The molecule has 4 heteroatoms. The van der Waals surface area contributed by atoms with E-state index in [2.05, 4.69) is 0 Å². The van der Waals surface area contributed by atoms with Gasteiger partial charge in [0, 0.05) is 0 Å². The smallest absolute Gasteiger partial charge is 0.307 e. The van der Waals surface area contributed by atoms with Crippen LogP contribution in [0.2, 0.25) is 0 Å². The number of rotatable bonds is 4. The van der Waals surface area contributed by atoms with E-state index in [4.69, 9.17) is 8.17 Å². The average Bonchev–Trinajstić information content (AvgIpc) is 2.08. The second-order valence-electron chi connectivity index (χ2n) is 2.64. The molecule has 0 bridgehead atoms. The van der Waals surface area contributed by atoms with Crippen LogP contribution in [-0.4, -0.2) is 11.1 Å². The van der Waals surface area contributed by atoms with Crippen molar-refractivity contribution in [2.75, 3.05) is 0 Å². The quantitative estimate of drug-likeness (QED) is 0.865. The zero-order chi connectivity index (χ0) is 9.68. The van der Waals surface area contributed by atoms with Gasteiger partial charge in [0.25, 0.3) is 0 Å². The van der Waals surface area contributed by atoms with Gasteiger partial charge in [0.2, 0.25) is 0 Å². The summed E-state index contributed by atoms with van der Waals surface area (Å²) < 4.78 is 4.90. The maximum absolute atomic E-state index is 10.4. The lowest BCUT2D eigenvalue weighted by Crippen LogP contribution is -1.99. The number of hydrogen-bond acceptors (Lipinski definition) is 2. The first-order valence-corrected chi connectivity index (χ1v) is 4.63. The molecule has 0 saturated heterocycles. The van der Waals surface area contributed by atoms with Crippen molar-refractivity contribution >= 4 is 29.0 Å². The fraction of sp³-hybridized carbons (Fsp3) is 0.222. The average molecular weight is 292 g/mol. The Hall–Kier alpha value is -0.620. The molecule has 0 fully saturated rings. The number of halogens is 1. The lowest BCUT2D eigenvalue weighted by atomic mass is 10.1. The third-order valence-electron chi connectivity index (χ3n) is 1.60. The van der Waals surface area contributed by atoms with Crippen molar-refractivity contribution in [1.29, 1.82) is 0 Å². The Kier molecular flexibility index (Phi) is 4.17. The summed E-state index contributed by atoms with van der Waals surface area (Å²) in [6, 6.07) is 7.35. The third-order valence-corrected chi connectivity index (χ3v) is 1.91. The Morgan fingerprint density at radius 1 is 1.31 bits per heavy atom. The summed E-state index contributed by atoms with van der Waals surface area (Å²) >= 11 is 1.83. The molecule has 0 heterocycles. The van der Waals surface area contributed by atoms with Crippen LogP contribution >= 0.6 is 23.0 Å². The van der Waals surface area contributed by atoms with Gasteiger partial charge in [-0.25, -0.2) is 0 Å². The fourth-order valence-corrected chi connectivity index (χ4v) is 1.35. The summed E-state index contributed by atoms with van der Waals surface area (Å²) in [5.74, 6) is -0.808. The Balaban J connectivity index is 2.64. The molecule has 1 aromatic carbocycles. The predicted octanol–water partition coefficient (Wildman–Crippen LogP) is 2.18. The lowest BCUT2D eigenvalue weighted by Gasteiger charge is -1.99. The highest BCUT2D eigenvalue weighted by Crippen LogP contribution is 2.07. The molecule has 0 aromatic heterocycles. The Morgan fingerprint density at radius 3 is 2.31 bits per heavy atom. The molecule has 0 aliphatic carbocycles. The van der Waals surface area contributed by atoms with Gasteiger partial charge in [-0.2, -0.15) is 0 Å². The van der Waals surface area contributed by atoms with E-state index in [-0.39, 0.29) is 6.42 Å². The molecule has 0 aliphatic rings. The number of carboxylic acids is 1. The Bertz CT molecular complexity index is 281. The van der Waals surface area contributed by atoms with Crippen molar-refractivity contribution < 1.29 is 13.0 Å². The van der Waals surface area contributed by atoms with Gasteiger partial charge >= 0.3 is 5.97 Å². The normalized spacial score (nSPS) is 9.92. The van der Waals surface area contributed by atoms with E-state index in [0.717, 1.165) is 11.1 Å². The van der Waals surface area contributed by atoms with Gasteiger partial charge in [-0.15, -0.1) is 0 Å². The predicted molar refractivity (Wildman–Crippen MR) is 56.6 cm³/mol. The lowest BCUT2D eigenvalue weighted by molar-refractivity contribution is -0.136. The van der Waals surface area contributed by atoms with Gasteiger partial charge in [0.1, 0.15) is 23.0 Å². The second-order valence-corrected chi connectivity index (χ2v) is 3.26. The topological polar surface area (TPSA) is 46.5 Å². The first-order chi connectivity index (χ1) is 6.22. The largest absolute Gasteiger partial charge is 0.481 e. The first-order valence-electron chi connectivity index (χ1n) is 3.75. The molecule has 1 aromatic rings. The SMILES string of the molecule is O=C(O)Cc1ccc(COI)cc1. The van der Waals surface area contributed by atoms with Crippen LogP contribution in [0.1, 0.15) is 11.1 Å². The van der Waals surface area contributed by atoms with Gasteiger partial charge in [-0.1, -0.05) is 24.3 Å². The highest BCUT2D eigenvalue weighted by molar-refractivity contribution is 14.1. The first kappa shape index (κ1) is 10.5. The standard InChI is InChI=1S/C9H9IO3/c10-13-6-8-3-1-7(2-4-8)5-9(11)12/h1-4H,5-6H2,(H,11,12). The molecule has 0 spiro atoms. The molecule has 0 amide bonds. The summed E-state index contributed by atoms with van der Waals surface area (Å²) in [6.45, 7) is 0.550. The highest BCUT2D eigenvalue weighted by Gasteiger charge is 1.99. The Labute approximate surface area is 90.4 Å². The van der Waals surface area contributed by atoms with Crippen LogP contribution in [0.4, 0.5) is 0 Å². The molecule has 0 aliphatic heterocycles. The summed E-state index contributed by atoms with van der Waals surface area (Å²) in [5, 5.41) is 8.51. The van der Waals surface area contributed by atoms with Gasteiger partial charge in [-0.3, -0.25) is 4.79 Å². The van der Waals surface area contributed by atoms with Crippen LogP contribution < -0.4 is 0 Å². The van der Waals surface area contributed by atoms with Crippen LogP contribution in [0.25, 0.3) is 0 Å². The van der Waals surface area contributed by atoms with Crippen molar-refractivity contribution in [1.82, 2.24) is 0 Å². The van der Waals surface area contributed by atoms with Crippen molar-refractivity contribution in [2.24, 2.45) is 0 Å². The fourth-order valence-electron chi connectivity index (χ4n) is 0.991. The van der Waals surface area contributed by atoms with E-state index in [1.54, 1.807) is 12.1 Å². The van der Waals surface area contributed by atoms with Crippen LogP contribution in [0, 0.1) is 0 Å². The summed E-state index contributed by atoms with van der Waals surface area (Å²) in [7, 11) is 0. The third kappa shape index (κ3) is 3.73. The van der Waals surface area contributed by atoms with E-state index < -0.39 is 5.97 Å². The number of benzene rings is 1. The molecule has 0 saturated carbocycles. The minimum absolute atomic E-state index is 0.0748. The molecule has 0 atom stereocenters. The van der Waals surface area contributed by atoms with Gasteiger partial charge in [0.15, 0.2) is 0 Å². The van der Waals surface area contributed by atoms with E-state index in [1.165, 1.54) is 0 Å². The minimum atomic E-state index is -0.808. The molecule has 13 heavy (non-hydrogen) atoms. The molecule has 0 radical (unpaired) electrons. The number of carbonyl (C=O) groups is 1. The van der Waals surface area contributed by atoms with E-state index in [9.17, 15) is 4.79 Å². The van der Waals surface area contributed by atoms with Crippen LogP contribution in [-0.2, 0) is 20.9 Å². The minimum Gasteiger partial charge on any atom is -0.481 e. The van der Waals surface area contributed by atoms with Crippen molar-refractivity contribution in [3.8, 4) is 0 Å². The highest BCUT2D eigenvalue weighted by atomic mass is 127. The molecule has 1 N–H and O–H groups in total. The van der Waals surface area contributed by atoms with Gasteiger partial charge in [-0.05, 0) is 11.1 Å². The summed E-state index contributed by atoms with van der Waals surface area (Å²) in [5.41, 5.74) is 1.85. The number of carboxylic acid groups (broad SMARTS) is 1. The van der Waals surface area contributed by atoms with Crippen LogP contribution in [0.15, 0.2) is 24.3 Å². The van der Waals surface area contributed by atoms with E-state index in [1.807, 2.05) is 35.1 Å². The van der Waals surface area contributed by atoms with Crippen LogP contribution in [0.3, 0.4) is 0 Å². The zero-order valence-electron chi connectivity index (χ0n) is 6.87. The number of hydrogen-bond donors (Lipinski definition) is 1. The summed E-state index contributed by atoms with van der Waals surface area (Å²) in [6.07, 6.45) is 0.0748. The van der Waals surface area contributed by atoms with E-state index >= 15 is 0 Å².